The number of hydrogen-bond acceptors (Lipinski definition) is 5. The summed E-state index contributed by atoms with van der Waals surface area (Å²) in [7, 11) is 0. The van der Waals surface area contributed by atoms with Gasteiger partial charge in [0.15, 0.2) is 0 Å². The highest BCUT2D eigenvalue weighted by Crippen LogP contribution is 2.20. The number of carbonyl (C=O) groups is 2. The van der Waals surface area contributed by atoms with Gasteiger partial charge < -0.3 is 20.3 Å². The molecule has 2 unspecified atom stereocenters. The van der Waals surface area contributed by atoms with Gasteiger partial charge in [0.2, 0.25) is 5.91 Å². The molecule has 0 rings (SSSR count). The van der Waals surface area contributed by atoms with Crippen LogP contribution in [0.1, 0.15) is 450 Å². The normalized spacial score (nSPS) is 12.6. The predicted molar refractivity (Wildman–Crippen MR) is 389 cm³/mol. The fourth-order valence-corrected chi connectivity index (χ4v) is 12.8. The minimum atomic E-state index is -0.841. The lowest BCUT2D eigenvalue weighted by molar-refractivity contribution is -0.143. The molecule has 0 aliphatic heterocycles. The zero-order valence-electron chi connectivity index (χ0n) is 59.7. The molecule has 3 N–H and O–H groups in total. The van der Waals surface area contributed by atoms with Crippen LogP contribution >= 0.6 is 0 Å². The highest BCUT2D eigenvalue weighted by molar-refractivity contribution is 5.76. The molecule has 0 heterocycles. The average Bonchev–Trinajstić information content (AvgIpc) is 3.60. The Morgan fingerprint density at radius 3 is 0.886 bits per heavy atom. The average molecular weight is 1240 g/mol. The van der Waals surface area contributed by atoms with Gasteiger partial charge in [0.05, 0.1) is 25.4 Å². The van der Waals surface area contributed by atoms with Crippen molar-refractivity contribution in [1.82, 2.24) is 5.32 Å². The van der Waals surface area contributed by atoms with Crippen LogP contribution in [-0.4, -0.2) is 47.4 Å². The van der Waals surface area contributed by atoms with Crippen LogP contribution in [0.4, 0.5) is 0 Å². The molecule has 0 aromatic heterocycles. The molecule has 0 saturated heterocycles. The SMILES string of the molecule is CCCCC/C=C\C/C=C\CCCCCCCC(=O)OCCCCCCCCCCCCCCCCCCCCCCCCCCCCCCCCCCCCCCCC(=O)NC(CO)C(O)/C=C/CCCCCCCCCCCCCCCCCCC. The van der Waals surface area contributed by atoms with E-state index in [4.69, 9.17) is 4.74 Å². The van der Waals surface area contributed by atoms with E-state index in [0.717, 1.165) is 51.4 Å². The standard InChI is InChI=1S/C82H157NO5/c1-3-5-7-9-11-13-15-17-19-20-40-43-47-50-54-58-62-66-70-74-80(85)79(78-84)83-81(86)75-71-67-63-59-55-51-48-44-41-38-36-34-32-30-28-26-24-22-21-23-25-27-29-31-33-35-37-39-42-45-49-53-57-61-65-69-73-77-88-82(87)76-72-68-64-60-56-52-46-18-16-14-12-10-8-6-4-2/h12,14,18,46,70,74,79-80,84-85H,3-11,13,15-17,19-45,47-69,71-73,75-78H2,1-2H3,(H,83,86)/b14-12-,46-18-,74-70+. The van der Waals surface area contributed by atoms with E-state index in [-0.39, 0.29) is 18.5 Å². The van der Waals surface area contributed by atoms with E-state index < -0.39 is 12.1 Å². The molecular formula is C82H157NO5. The van der Waals surface area contributed by atoms with E-state index in [0.29, 0.717) is 19.4 Å². The molecule has 6 heteroatoms. The highest BCUT2D eigenvalue weighted by atomic mass is 16.5. The molecule has 0 aliphatic rings. The fourth-order valence-electron chi connectivity index (χ4n) is 12.8. The molecule has 0 bridgehead atoms. The van der Waals surface area contributed by atoms with E-state index in [1.54, 1.807) is 6.08 Å². The van der Waals surface area contributed by atoms with E-state index in [1.165, 1.54) is 372 Å². The monoisotopic (exact) mass is 1240 g/mol. The Hall–Kier alpha value is -1.92. The Kier molecular flexibility index (Phi) is 75.8. The zero-order valence-corrected chi connectivity index (χ0v) is 59.7. The van der Waals surface area contributed by atoms with Crippen molar-refractivity contribution < 1.29 is 24.5 Å². The van der Waals surface area contributed by atoms with Gasteiger partial charge in [-0.3, -0.25) is 9.59 Å². The minimum absolute atomic E-state index is 0.00971. The number of ether oxygens (including phenoxy) is 1. The first-order valence-electron chi connectivity index (χ1n) is 40.3. The second-order valence-corrected chi connectivity index (χ2v) is 27.8. The molecule has 88 heavy (non-hydrogen) atoms. The minimum Gasteiger partial charge on any atom is -0.466 e. The largest absolute Gasteiger partial charge is 0.466 e. The molecule has 0 radical (unpaired) electrons. The number of aliphatic hydroxyl groups is 2. The number of rotatable bonds is 76. The Morgan fingerprint density at radius 1 is 0.318 bits per heavy atom. The zero-order chi connectivity index (χ0) is 63.5. The molecule has 2 atom stereocenters. The summed E-state index contributed by atoms with van der Waals surface area (Å²) in [5.41, 5.74) is 0. The summed E-state index contributed by atoms with van der Waals surface area (Å²) in [5, 5.41) is 23.3. The van der Waals surface area contributed by atoms with Gasteiger partial charge in [-0.1, -0.05) is 410 Å². The summed E-state index contributed by atoms with van der Waals surface area (Å²) in [6, 6.07) is -0.624. The molecule has 0 aromatic rings. The van der Waals surface area contributed by atoms with Crippen molar-refractivity contribution in [3.8, 4) is 0 Å². The molecule has 0 spiro atoms. The highest BCUT2D eigenvalue weighted by Gasteiger charge is 2.18. The van der Waals surface area contributed by atoms with Crippen LogP contribution < -0.4 is 5.32 Å². The van der Waals surface area contributed by atoms with Crippen molar-refractivity contribution in [1.29, 1.82) is 0 Å². The number of amides is 1. The number of allylic oxidation sites excluding steroid dienone is 5. The maximum Gasteiger partial charge on any atom is 0.305 e. The third kappa shape index (κ3) is 73.1. The first kappa shape index (κ1) is 86.1. The lowest BCUT2D eigenvalue weighted by atomic mass is 10.0. The first-order chi connectivity index (χ1) is 43.5. The Labute approximate surface area is 551 Å². The number of carbonyl (C=O) groups excluding carboxylic acids is 2. The molecule has 0 aromatic carbocycles. The Balaban J connectivity index is 3.32. The fraction of sp³-hybridized carbons (Fsp3) is 0.902. The second-order valence-electron chi connectivity index (χ2n) is 27.8. The quantitative estimate of drug-likeness (QED) is 0.0320. The molecule has 0 fully saturated rings. The van der Waals surface area contributed by atoms with Crippen LogP contribution in [0.15, 0.2) is 36.5 Å². The van der Waals surface area contributed by atoms with Crippen LogP contribution in [0, 0.1) is 0 Å². The van der Waals surface area contributed by atoms with Gasteiger partial charge in [0.25, 0.3) is 0 Å². The van der Waals surface area contributed by atoms with E-state index >= 15 is 0 Å². The Morgan fingerprint density at radius 2 is 0.568 bits per heavy atom. The number of aliphatic hydroxyl groups excluding tert-OH is 2. The van der Waals surface area contributed by atoms with Crippen LogP contribution in [-0.2, 0) is 14.3 Å². The topological polar surface area (TPSA) is 95.9 Å². The van der Waals surface area contributed by atoms with Gasteiger partial charge >= 0.3 is 5.97 Å². The van der Waals surface area contributed by atoms with Crippen LogP contribution in [0.5, 0.6) is 0 Å². The van der Waals surface area contributed by atoms with Gasteiger partial charge in [-0.05, 0) is 64.2 Å². The number of unbranched alkanes of at least 4 members (excludes halogenated alkanes) is 61. The summed E-state index contributed by atoms with van der Waals surface area (Å²) in [5.74, 6) is -0.0484. The third-order valence-corrected chi connectivity index (χ3v) is 18.9. The van der Waals surface area contributed by atoms with E-state index in [2.05, 4.69) is 43.5 Å². The lowest BCUT2D eigenvalue weighted by Crippen LogP contribution is -2.45. The molecular weight excluding hydrogens is 1080 g/mol. The van der Waals surface area contributed by atoms with Crippen molar-refractivity contribution in [2.75, 3.05) is 13.2 Å². The smallest absolute Gasteiger partial charge is 0.305 e. The maximum absolute atomic E-state index is 12.5. The summed E-state index contributed by atoms with van der Waals surface area (Å²) in [6.07, 6.45) is 101. The van der Waals surface area contributed by atoms with Crippen molar-refractivity contribution in [2.45, 2.75) is 463 Å². The van der Waals surface area contributed by atoms with Crippen LogP contribution in [0.3, 0.4) is 0 Å². The van der Waals surface area contributed by atoms with Crippen molar-refractivity contribution in [2.24, 2.45) is 0 Å². The lowest BCUT2D eigenvalue weighted by Gasteiger charge is -2.20. The summed E-state index contributed by atoms with van der Waals surface area (Å²) >= 11 is 0. The van der Waals surface area contributed by atoms with Gasteiger partial charge in [-0.25, -0.2) is 0 Å². The summed E-state index contributed by atoms with van der Waals surface area (Å²) in [4.78, 5) is 24.6. The molecule has 520 valence electrons. The summed E-state index contributed by atoms with van der Waals surface area (Å²) < 4.78 is 5.50. The van der Waals surface area contributed by atoms with Crippen LogP contribution in [0.25, 0.3) is 0 Å². The van der Waals surface area contributed by atoms with Gasteiger partial charge in [0, 0.05) is 12.8 Å². The summed E-state index contributed by atoms with van der Waals surface area (Å²) in [6.45, 7) is 4.92. The number of hydrogen-bond donors (Lipinski definition) is 3. The number of nitrogens with one attached hydrogen (secondary N) is 1. The van der Waals surface area contributed by atoms with Gasteiger partial charge in [-0.2, -0.15) is 0 Å². The van der Waals surface area contributed by atoms with E-state index in [1.807, 2.05) is 6.08 Å². The third-order valence-electron chi connectivity index (χ3n) is 18.9. The van der Waals surface area contributed by atoms with Gasteiger partial charge in [-0.15, -0.1) is 0 Å². The van der Waals surface area contributed by atoms with Gasteiger partial charge in [0.1, 0.15) is 0 Å². The van der Waals surface area contributed by atoms with Crippen molar-refractivity contribution >= 4 is 11.9 Å². The Bertz CT molecular complexity index is 1430. The van der Waals surface area contributed by atoms with E-state index in [9.17, 15) is 19.8 Å². The molecule has 0 saturated carbocycles. The maximum atomic E-state index is 12.5. The molecule has 6 nitrogen and oxygen atoms in total. The number of esters is 1. The molecule has 1 amide bonds. The predicted octanol–water partition coefficient (Wildman–Crippen LogP) is 26.6. The second kappa shape index (κ2) is 77.5. The van der Waals surface area contributed by atoms with Crippen molar-refractivity contribution in [3.05, 3.63) is 36.5 Å². The first-order valence-corrected chi connectivity index (χ1v) is 40.3. The molecule has 0 aliphatic carbocycles. The van der Waals surface area contributed by atoms with Crippen molar-refractivity contribution in [3.63, 3.8) is 0 Å². The van der Waals surface area contributed by atoms with Crippen LogP contribution in [0.2, 0.25) is 0 Å².